The van der Waals surface area contributed by atoms with Gasteiger partial charge in [-0.15, -0.1) is 0 Å². The summed E-state index contributed by atoms with van der Waals surface area (Å²) in [5.74, 6) is -0.207. The molecule has 0 atom stereocenters. The Morgan fingerprint density at radius 3 is 2.70 bits per heavy atom. The molecule has 1 N–H and O–H groups in total. The molecule has 0 saturated heterocycles. The first-order chi connectivity index (χ1) is 12.9. The summed E-state index contributed by atoms with van der Waals surface area (Å²) in [4.78, 5) is 18.5. The predicted octanol–water partition coefficient (Wildman–Crippen LogP) is 2.30. The number of carbonyl (C=O) groups excluding carboxylic acids is 1. The van der Waals surface area contributed by atoms with Crippen LogP contribution in [0.25, 0.3) is 0 Å². The number of hydrogen-bond acceptors (Lipinski definition) is 4. The zero-order valence-electron chi connectivity index (χ0n) is 14.9. The van der Waals surface area contributed by atoms with Gasteiger partial charge in [-0.1, -0.05) is 24.3 Å². The third-order valence-electron chi connectivity index (χ3n) is 4.26. The molecule has 3 rings (SSSR count). The molecule has 8 heteroatoms. The van der Waals surface area contributed by atoms with Crippen LogP contribution in [-0.2, 0) is 21.4 Å². The Bertz CT molecular complexity index is 989. The fourth-order valence-corrected chi connectivity index (χ4v) is 4.16. The summed E-state index contributed by atoms with van der Waals surface area (Å²) in [5, 5.41) is 0. The van der Waals surface area contributed by atoms with Crippen LogP contribution in [0, 0.1) is 5.82 Å². The van der Waals surface area contributed by atoms with Crippen molar-refractivity contribution in [1.82, 2.24) is 9.62 Å². The number of benzene rings is 2. The normalized spacial score (nSPS) is 16.0. The Labute approximate surface area is 157 Å². The van der Waals surface area contributed by atoms with Gasteiger partial charge in [0.2, 0.25) is 5.91 Å². The number of sulfonamides is 1. The molecule has 0 spiro atoms. The second-order valence-electron chi connectivity index (χ2n) is 6.12. The van der Waals surface area contributed by atoms with E-state index in [1.165, 1.54) is 18.2 Å². The van der Waals surface area contributed by atoms with E-state index in [0.717, 1.165) is 0 Å². The van der Waals surface area contributed by atoms with Crippen LogP contribution in [0.4, 0.5) is 4.39 Å². The SMILES string of the molecule is CCN(Cc1cccc(F)c1)C(=O)CCN=C1NS(=O)(=O)c2ccccc21. The molecule has 1 aliphatic heterocycles. The lowest BCUT2D eigenvalue weighted by molar-refractivity contribution is -0.131. The molecular weight excluding hydrogens is 369 g/mol. The van der Waals surface area contributed by atoms with Crippen LogP contribution in [0.5, 0.6) is 0 Å². The van der Waals surface area contributed by atoms with E-state index >= 15 is 0 Å². The van der Waals surface area contributed by atoms with Crippen molar-refractivity contribution in [3.63, 3.8) is 0 Å². The van der Waals surface area contributed by atoms with Crippen LogP contribution < -0.4 is 4.72 Å². The van der Waals surface area contributed by atoms with Crippen LogP contribution in [0.15, 0.2) is 58.4 Å². The first-order valence-corrected chi connectivity index (χ1v) is 10.1. The van der Waals surface area contributed by atoms with E-state index in [4.69, 9.17) is 0 Å². The van der Waals surface area contributed by atoms with Gasteiger partial charge in [0.25, 0.3) is 10.0 Å². The number of carbonyl (C=O) groups is 1. The quantitative estimate of drug-likeness (QED) is 0.823. The Morgan fingerprint density at radius 1 is 1.19 bits per heavy atom. The molecular formula is C19H20FN3O3S. The molecule has 6 nitrogen and oxygen atoms in total. The molecule has 2 aromatic carbocycles. The van der Waals surface area contributed by atoms with Crippen molar-refractivity contribution in [2.24, 2.45) is 4.99 Å². The summed E-state index contributed by atoms with van der Waals surface area (Å²) in [5.41, 5.74) is 1.23. The van der Waals surface area contributed by atoms with Gasteiger partial charge in [0.15, 0.2) is 0 Å². The number of amidine groups is 1. The smallest absolute Gasteiger partial charge is 0.263 e. The summed E-state index contributed by atoms with van der Waals surface area (Å²) in [6.45, 7) is 2.82. The van der Waals surface area contributed by atoms with Gasteiger partial charge in [-0.3, -0.25) is 14.5 Å². The molecule has 1 aliphatic rings. The van der Waals surface area contributed by atoms with Crippen LogP contribution in [0.2, 0.25) is 0 Å². The standard InChI is InChI=1S/C19H20FN3O3S/c1-2-23(13-14-6-5-7-15(20)12-14)18(24)10-11-21-19-16-8-3-4-9-17(16)27(25,26)22-19/h3-9,12H,2,10-11,13H2,1H3,(H,21,22). The molecule has 1 amide bonds. The van der Waals surface area contributed by atoms with Crippen molar-refractivity contribution >= 4 is 21.8 Å². The number of nitrogens with one attached hydrogen (secondary N) is 1. The summed E-state index contributed by atoms with van der Waals surface area (Å²) < 4.78 is 39.8. The highest BCUT2D eigenvalue weighted by Crippen LogP contribution is 2.22. The number of rotatable bonds is 6. The molecule has 0 radical (unpaired) electrons. The number of aliphatic imine (C=N–C) groups is 1. The summed E-state index contributed by atoms with van der Waals surface area (Å²) in [6.07, 6.45) is 0.135. The second kappa shape index (κ2) is 7.87. The summed E-state index contributed by atoms with van der Waals surface area (Å²) in [6, 6.07) is 12.7. The van der Waals surface area contributed by atoms with Gasteiger partial charge in [0.05, 0.1) is 11.4 Å². The van der Waals surface area contributed by atoms with Gasteiger partial charge < -0.3 is 4.90 Å². The molecule has 0 unspecified atom stereocenters. The van der Waals surface area contributed by atoms with Crippen molar-refractivity contribution in [2.75, 3.05) is 13.1 Å². The van der Waals surface area contributed by atoms with Crippen LogP contribution in [-0.4, -0.2) is 38.2 Å². The van der Waals surface area contributed by atoms with E-state index in [-0.39, 0.29) is 35.4 Å². The van der Waals surface area contributed by atoms with Gasteiger partial charge in [-0.05, 0) is 36.8 Å². The van der Waals surface area contributed by atoms with E-state index in [1.807, 2.05) is 6.92 Å². The van der Waals surface area contributed by atoms with Gasteiger partial charge >= 0.3 is 0 Å². The van der Waals surface area contributed by atoms with Crippen molar-refractivity contribution in [1.29, 1.82) is 0 Å². The highest BCUT2D eigenvalue weighted by atomic mass is 32.2. The molecule has 0 aromatic heterocycles. The number of amides is 1. The third-order valence-corrected chi connectivity index (χ3v) is 5.65. The van der Waals surface area contributed by atoms with Gasteiger partial charge in [-0.25, -0.2) is 12.8 Å². The predicted molar refractivity (Wildman–Crippen MR) is 100 cm³/mol. The fraction of sp³-hybridized carbons (Fsp3) is 0.263. The van der Waals surface area contributed by atoms with Gasteiger partial charge in [0.1, 0.15) is 11.7 Å². The Balaban J connectivity index is 1.64. The highest BCUT2D eigenvalue weighted by molar-refractivity contribution is 7.90. The number of hydrogen-bond donors (Lipinski definition) is 1. The highest BCUT2D eigenvalue weighted by Gasteiger charge is 2.30. The van der Waals surface area contributed by atoms with E-state index in [9.17, 15) is 17.6 Å². The minimum absolute atomic E-state index is 0.125. The van der Waals surface area contributed by atoms with E-state index in [1.54, 1.807) is 35.2 Å². The number of halogens is 1. The van der Waals surface area contributed by atoms with Crippen molar-refractivity contribution < 1.29 is 17.6 Å². The van der Waals surface area contributed by atoms with E-state index in [2.05, 4.69) is 9.71 Å². The molecule has 2 aromatic rings. The van der Waals surface area contributed by atoms with E-state index < -0.39 is 10.0 Å². The average molecular weight is 389 g/mol. The van der Waals surface area contributed by atoms with Crippen LogP contribution in [0.1, 0.15) is 24.5 Å². The largest absolute Gasteiger partial charge is 0.339 e. The molecule has 0 saturated carbocycles. The monoisotopic (exact) mass is 389 g/mol. The lowest BCUT2D eigenvalue weighted by Crippen LogP contribution is -2.31. The first-order valence-electron chi connectivity index (χ1n) is 8.59. The summed E-state index contributed by atoms with van der Waals surface area (Å²) in [7, 11) is -3.58. The minimum atomic E-state index is -3.58. The maximum Gasteiger partial charge on any atom is 0.263 e. The summed E-state index contributed by atoms with van der Waals surface area (Å²) >= 11 is 0. The maximum atomic E-state index is 13.3. The maximum absolute atomic E-state index is 13.3. The Hall–Kier alpha value is -2.74. The molecule has 1 heterocycles. The zero-order chi connectivity index (χ0) is 19.4. The van der Waals surface area contributed by atoms with Crippen molar-refractivity contribution in [2.45, 2.75) is 24.8 Å². The molecule has 142 valence electrons. The van der Waals surface area contributed by atoms with Crippen molar-refractivity contribution in [3.05, 3.63) is 65.5 Å². The Kier molecular flexibility index (Phi) is 5.55. The molecule has 0 aliphatic carbocycles. The lowest BCUT2D eigenvalue weighted by atomic mass is 10.2. The second-order valence-corrected chi connectivity index (χ2v) is 7.77. The molecule has 0 bridgehead atoms. The molecule has 0 fully saturated rings. The lowest BCUT2D eigenvalue weighted by Gasteiger charge is -2.20. The minimum Gasteiger partial charge on any atom is -0.339 e. The van der Waals surface area contributed by atoms with Gasteiger partial charge in [-0.2, -0.15) is 0 Å². The average Bonchev–Trinajstić information content (AvgIpc) is 2.90. The van der Waals surface area contributed by atoms with Crippen LogP contribution in [0.3, 0.4) is 0 Å². The van der Waals surface area contributed by atoms with Crippen LogP contribution >= 0.6 is 0 Å². The Morgan fingerprint density at radius 2 is 1.96 bits per heavy atom. The van der Waals surface area contributed by atoms with E-state index in [0.29, 0.717) is 24.2 Å². The van der Waals surface area contributed by atoms with Crippen molar-refractivity contribution in [3.8, 4) is 0 Å². The number of nitrogens with zero attached hydrogens (tertiary/aromatic N) is 2. The number of fused-ring (bicyclic) bond motifs is 1. The first kappa shape index (κ1) is 19.0. The third kappa shape index (κ3) is 4.33. The fourth-order valence-electron chi connectivity index (χ4n) is 2.90. The molecule has 27 heavy (non-hydrogen) atoms. The zero-order valence-corrected chi connectivity index (χ0v) is 15.7. The van der Waals surface area contributed by atoms with Gasteiger partial charge in [0, 0.05) is 25.1 Å². The topological polar surface area (TPSA) is 78.8 Å².